The first-order valence-corrected chi connectivity index (χ1v) is 7.19. The molecule has 0 bridgehead atoms. The zero-order chi connectivity index (χ0) is 12.9. The van der Waals surface area contributed by atoms with Gasteiger partial charge in [0.05, 0.1) is 7.11 Å². The molecule has 0 atom stereocenters. The number of rotatable bonds is 11. The van der Waals surface area contributed by atoms with E-state index in [9.17, 15) is 4.79 Å². The van der Waals surface area contributed by atoms with Crippen LogP contribution in [0, 0.1) is 0 Å². The second-order valence-corrected chi connectivity index (χ2v) is 4.76. The van der Waals surface area contributed by atoms with Crippen LogP contribution in [0.15, 0.2) is 0 Å². The summed E-state index contributed by atoms with van der Waals surface area (Å²) in [5.74, 6) is 0.965. The molecule has 3 nitrogen and oxygen atoms in total. The normalized spacial score (nSPS) is 10.5. The second-order valence-electron chi connectivity index (χ2n) is 4.36. The van der Waals surface area contributed by atoms with E-state index in [1.165, 1.54) is 50.7 Å². The molecule has 17 heavy (non-hydrogen) atoms. The fraction of sp³-hybridized carbons (Fsp3) is 0.923. The molecular formula is C13H26NO2S-. The molecule has 0 aliphatic rings. The largest absolute Gasteiger partial charge is 0.793 e. The third kappa shape index (κ3) is 10.6. The lowest BCUT2D eigenvalue weighted by molar-refractivity contribution is -0.168. The van der Waals surface area contributed by atoms with Crippen molar-refractivity contribution in [2.45, 2.75) is 57.8 Å². The van der Waals surface area contributed by atoms with Gasteiger partial charge in [-0.3, -0.25) is 9.63 Å². The molecule has 102 valence electrons. The number of carbonyl (C=O) groups excluding carboxylic acids is 1. The summed E-state index contributed by atoms with van der Waals surface area (Å²) in [4.78, 5) is 16.2. The van der Waals surface area contributed by atoms with Crippen molar-refractivity contribution in [3.8, 4) is 0 Å². The Bertz CT molecular complexity index is 188. The van der Waals surface area contributed by atoms with Gasteiger partial charge in [0, 0.05) is 13.5 Å². The Kier molecular flexibility index (Phi) is 12.1. The Morgan fingerprint density at radius 1 is 1.00 bits per heavy atom. The van der Waals surface area contributed by atoms with Crippen molar-refractivity contribution in [3.05, 3.63) is 0 Å². The maximum Gasteiger partial charge on any atom is 0.245 e. The summed E-state index contributed by atoms with van der Waals surface area (Å²) in [5, 5.41) is 1.30. The Morgan fingerprint density at radius 3 is 1.94 bits per heavy atom. The summed E-state index contributed by atoms with van der Waals surface area (Å²) in [6, 6.07) is 0. The maximum atomic E-state index is 11.4. The summed E-state index contributed by atoms with van der Waals surface area (Å²) in [7, 11) is 3.17. The van der Waals surface area contributed by atoms with Crippen molar-refractivity contribution in [3.63, 3.8) is 0 Å². The molecule has 0 fully saturated rings. The molecule has 0 saturated heterocycles. The molecule has 0 spiro atoms. The molecule has 1 amide bonds. The second kappa shape index (κ2) is 12.2. The number of hydrogen-bond acceptors (Lipinski definition) is 3. The monoisotopic (exact) mass is 260 g/mol. The summed E-state index contributed by atoms with van der Waals surface area (Å²) in [5.41, 5.74) is 0. The lowest BCUT2D eigenvalue weighted by Gasteiger charge is -2.13. The van der Waals surface area contributed by atoms with Crippen LogP contribution in [-0.4, -0.2) is 30.9 Å². The number of hydroxylamine groups is 2. The van der Waals surface area contributed by atoms with E-state index in [1.807, 2.05) is 0 Å². The number of unbranched alkanes of at least 4 members (excludes halogenated alkanes) is 7. The highest BCUT2D eigenvalue weighted by molar-refractivity contribution is 7.58. The van der Waals surface area contributed by atoms with E-state index in [0.717, 1.165) is 18.6 Å². The van der Waals surface area contributed by atoms with Crippen LogP contribution in [0.2, 0.25) is 0 Å². The van der Waals surface area contributed by atoms with Gasteiger partial charge in [-0.05, 0) is 6.42 Å². The molecule has 0 aromatic rings. The van der Waals surface area contributed by atoms with Gasteiger partial charge in [0.25, 0.3) is 0 Å². The van der Waals surface area contributed by atoms with Gasteiger partial charge >= 0.3 is 0 Å². The van der Waals surface area contributed by atoms with Crippen molar-refractivity contribution >= 4 is 18.5 Å². The Labute approximate surface area is 111 Å². The smallest absolute Gasteiger partial charge is 0.245 e. The maximum absolute atomic E-state index is 11.4. The van der Waals surface area contributed by atoms with E-state index >= 15 is 0 Å². The van der Waals surface area contributed by atoms with Crippen LogP contribution in [-0.2, 0) is 22.3 Å². The summed E-state index contributed by atoms with van der Waals surface area (Å²) >= 11 is 4.90. The average molecular weight is 260 g/mol. The van der Waals surface area contributed by atoms with Crippen LogP contribution in [0.4, 0.5) is 0 Å². The van der Waals surface area contributed by atoms with Crippen LogP contribution >= 0.6 is 0 Å². The number of amides is 1. The highest BCUT2D eigenvalue weighted by atomic mass is 32.1. The van der Waals surface area contributed by atoms with E-state index in [0.29, 0.717) is 6.42 Å². The minimum atomic E-state index is 0.0675. The SMILES string of the molecule is CON(C)C(=O)CCCCCCCCCC[S-]. The Balaban J connectivity index is 3.16. The van der Waals surface area contributed by atoms with Crippen molar-refractivity contribution in [2.75, 3.05) is 19.9 Å². The van der Waals surface area contributed by atoms with Crippen molar-refractivity contribution in [2.24, 2.45) is 0 Å². The highest BCUT2D eigenvalue weighted by Crippen LogP contribution is 2.10. The lowest BCUT2D eigenvalue weighted by Crippen LogP contribution is -2.24. The minimum Gasteiger partial charge on any atom is -0.793 e. The van der Waals surface area contributed by atoms with Gasteiger partial charge in [-0.1, -0.05) is 44.9 Å². The van der Waals surface area contributed by atoms with E-state index in [4.69, 9.17) is 17.5 Å². The quantitative estimate of drug-likeness (QED) is 0.325. The van der Waals surface area contributed by atoms with Crippen molar-refractivity contribution < 1.29 is 9.63 Å². The van der Waals surface area contributed by atoms with Gasteiger partial charge in [-0.25, -0.2) is 5.06 Å². The van der Waals surface area contributed by atoms with Crippen LogP contribution in [0.5, 0.6) is 0 Å². The van der Waals surface area contributed by atoms with Crippen LogP contribution in [0.3, 0.4) is 0 Å². The summed E-state index contributed by atoms with van der Waals surface area (Å²) < 4.78 is 0. The van der Waals surface area contributed by atoms with Gasteiger partial charge < -0.3 is 12.6 Å². The third-order valence-corrected chi connectivity index (χ3v) is 3.20. The fourth-order valence-corrected chi connectivity index (χ4v) is 1.90. The van der Waals surface area contributed by atoms with E-state index in [1.54, 1.807) is 7.05 Å². The molecule has 0 saturated carbocycles. The van der Waals surface area contributed by atoms with Crippen LogP contribution in [0.25, 0.3) is 0 Å². The zero-order valence-electron chi connectivity index (χ0n) is 11.2. The molecule has 0 radical (unpaired) electrons. The molecule has 0 unspecified atom stereocenters. The Morgan fingerprint density at radius 2 is 1.47 bits per heavy atom. The lowest BCUT2D eigenvalue weighted by atomic mass is 10.1. The van der Waals surface area contributed by atoms with E-state index < -0.39 is 0 Å². The molecule has 0 aliphatic carbocycles. The molecule has 0 aromatic carbocycles. The van der Waals surface area contributed by atoms with E-state index in [2.05, 4.69) is 0 Å². The predicted molar refractivity (Wildman–Crippen MR) is 73.6 cm³/mol. The van der Waals surface area contributed by atoms with Gasteiger partial charge in [0.15, 0.2) is 0 Å². The number of nitrogens with zero attached hydrogens (tertiary/aromatic N) is 1. The number of hydrogen-bond donors (Lipinski definition) is 0. The van der Waals surface area contributed by atoms with Gasteiger partial charge in [-0.2, -0.15) is 5.75 Å². The average Bonchev–Trinajstić information content (AvgIpc) is 2.35. The van der Waals surface area contributed by atoms with Crippen LogP contribution < -0.4 is 0 Å². The molecule has 4 heteroatoms. The first-order valence-electron chi connectivity index (χ1n) is 6.61. The topological polar surface area (TPSA) is 29.5 Å². The predicted octanol–water partition coefficient (Wildman–Crippen LogP) is 3.06. The molecule has 0 heterocycles. The van der Waals surface area contributed by atoms with Crippen LogP contribution in [0.1, 0.15) is 57.8 Å². The fourth-order valence-electron chi connectivity index (χ4n) is 1.70. The summed E-state index contributed by atoms with van der Waals surface area (Å²) in [6.07, 6.45) is 10.3. The molecule has 0 aliphatic heterocycles. The zero-order valence-corrected chi connectivity index (χ0v) is 12.1. The molecular weight excluding hydrogens is 234 g/mol. The standard InChI is InChI=1S/C13H27NO2S/c1-14(16-2)13(15)11-9-7-5-3-4-6-8-10-12-17/h17H,3-12H2,1-2H3/p-1. The first-order chi connectivity index (χ1) is 8.22. The Hall–Kier alpha value is -0.220. The molecule has 0 rings (SSSR count). The molecule has 0 aromatic heterocycles. The third-order valence-electron chi connectivity index (χ3n) is 2.91. The van der Waals surface area contributed by atoms with Gasteiger partial charge in [0.1, 0.15) is 0 Å². The van der Waals surface area contributed by atoms with Crippen molar-refractivity contribution in [1.29, 1.82) is 0 Å². The minimum absolute atomic E-state index is 0.0675. The van der Waals surface area contributed by atoms with Gasteiger partial charge in [0.2, 0.25) is 5.91 Å². The van der Waals surface area contributed by atoms with Gasteiger partial charge in [-0.15, -0.1) is 0 Å². The highest BCUT2D eigenvalue weighted by Gasteiger charge is 2.06. The van der Waals surface area contributed by atoms with E-state index in [-0.39, 0.29) is 5.91 Å². The van der Waals surface area contributed by atoms with Crippen molar-refractivity contribution in [1.82, 2.24) is 5.06 Å². The number of carbonyl (C=O) groups is 1. The molecule has 0 N–H and O–H groups in total. The first kappa shape index (κ1) is 16.8. The summed E-state index contributed by atoms with van der Waals surface area (Å²) in [6.45, 7) is 0.